The lowest BCUT2D eigenvalue weighted by atomic mass is 10.2. The standard InChI is InChI=1S/C20H21N3O4S/c1-23(14-16-5-3-2-4-6-16)28(25,26)19-9-7-18(8-10-19)22-20(24)21-13-17-11-12-27-15-17/h2-12,15H,13-14H2,1H3,(H2,21,22,24). The minimum Gasteiger partial charge on any atom is -0.472 e. The van der Waals surface area contributed by atoms with E-state index in [4.69, 9.17) is 4.42 Å². The van der Waals surface area contributed by atoms with Gasteiger partial charge in [-0.2, -0.15) is 4.31 Å². The molecule has 1 aromatic heterocycles. The van der Waals surface area contributed by atoms with Crippen molar-refractivity contribution in [3.8, 4) is 0 Å². The lowest BCUT2D eigenvalue weighted by Gasteiger charge is -2.17. The Labute approximate surface area is 164 Å². The third kappa shape index (κ3) is 4.99. The fourth-order valence-corrected chi connectivity index (χ4v) is 3.73. The lowest BCUT2D eigenvalue weighted by Crippen LogP contribution is -2.28. The summed E-state index contributed by atoms with van der Waals surface area (Å²) >= 11 is 0. The summed E-state index contributed by atoms with van der Waals surface area (Å²) in [5.74, 6) is 0. The zero-order chi connectivity index (χ0) is 20.0. The van der Waals surface area contributed by atoms with Gasteiger partial charge in [0, 0.05) is 31.4 Å². The van der Waals surface area contributed by atoms with Crippen molar-refractivity contribution in [2.24, 2.45) is 0 Å². The van der Waals surface area contributed by atoms with Crippen molar-refractivity contribution in [2.75, 3.05) is 12.4 Å². The van der Waals surface area contributed by atoms with E-state index in [-0.39, 0.29) is 11.4 Å². The molecule has 0 aliphatic carbocycles. The molecule has 0 bridgehead atoms. The molecule has 0 saturated heterocycles. The quantitative estimate of drug-likeness (QED) is 0.637. The molecule has 3 rings (SSSR count). The van der Waals surface area contributed by atoms with Gasteiger partial charge in [0.05, 0.1) is 17.4 Å². The van der Waals surface area contributed by atoms with Crippen molar-refractivity contribution in [3.05, 3.63) is 84.3 Å². The Bertz CT molecular complexity index is 1000. The lowest BCUT2D eigenvalue weighted by molar-refractivity contribution is 0.251. The normalized spacial score (nSPS) is 11.4. The van der Waals surface area contributed by atoms with Crippen LogP contribution in [0.25, 0.3) is 0 Å². The number of furan rings is 1. The minimum absolute atomic E-state index is 0.162. The van der Waals surface area contributed by atoms with Crippen molar-refractivity contribution in [3.63, 3.8) is 0 Å². The van der Waals surface area contributed by atoms with Crippen LogP contribution in [0.2, 0.25) is 0 Å². The van der Waals surface area contributed by atoms with Gasteiger partial charge in [-0.1, -0.05) is 30.3 Å². The van der Waals surface area contributed by atoms with E-state index in [2.05, 4.69) is 10.6 Å². The van der Waals surface area contributed by atoms with Crippen LogP contribution in [0.5, 0.6) is 0 Å². The molecular weight excluding hydrogens is 378 g/mol. The Morgan fingerprint density at radius 1 is 1.00 bits per heavy atom. The smallest absolute Gasteiger partial charge is 0.319 e. The third-order valence-corrected chi connectivity index (χ3v) is 5.92. The predicted molar refractivity (Wildman–Crippen MR) is 106 cm³/mol. The number of carbonyl (C=O) groups is 1. The highest BCUT2D eigenvalue weighted by molar-refractivity contribution is 7.89. The molecule has 0 spiro atoms. The monoisotopic (exact) mass is 399 g/mol. The molecule has 146 valence electrons. The van der Waals surface area contributed by atoms with E-state index in [1.54, 1.807) is 24.5 Å². The van der Waals surface area contributed by atoms with Gasteiger partial charge in [-0.05, 0) is 35.9 Å². The van der Waals surface area contributed by atoms with Crippen molar-refractivity contribution in [1.82, 2.24) is 9.62 Å². The molecule has 0 fully saturated rings. The van der Waals surface area contributed by atoms with Crippen molar-refractivity contribution < 1.29 is 17.6 Å². The van der Waals surface area contributed by atoms with Crippen molar-refractivity contribution >= 4 is 21.7 Å². The number of anilines is 1. The number of urea groups is 1. The molecule has 2 aromatic carbocycles. The number of carbonyl (C=O) groups excluding carboxylic acids is 1. The molecule has 0 atom stereocenters. The zero-order valence-electron chi connectivity index (χ0n) is 15.3. The molecule has 0 saturated carbocycles. The maximum Gasteiger partial charge on any atom is 0.319 e. The first-order valence-electron chi connectivity index (χ1n) is 8.61. The van der Waals surface area contributed by atoms with Crippen LogP contribution < -0.4 is 10.6 Å². The Morgan fingerprint density at radius 2 is 1.71 bits per heavy atom. The number of nitrogens with zero attached hydrogens (tertiary/aromatic N) is 1. The third-order valence-electron chi connectivity index (χ3n) is 4.10. The van der Waals surface area contributed by atoms with Gasteiger partial charge in [0.2, 0.25) is 10.0 Å². The Balaban J connectivity index is 1.60. The number of sulfonamides is 1. The number of benzene rings is 2. The fraction of sp³-hybridized carbons (Fsp3) is 0.150. The van der Waals surface area contributed by atoms with Crippen LogP contribution in [0.4, 0.5) is 10.5 Å². The molecular formula is C20H21N3O4S. The second-order valence-corrected chi connectivity index (χ2v) is 8.26. The molecule has 0 aliphatic rings. The second-order valence-electron chi connectivity index (χ2n) is 6.21. The summed E-state index contributed by atoms with van der Waals surface area (Å²) in [7, 11) is -2.09. The summed E-state index contributed by atoms with van der Waals surface area (Å²) in [6, 6.07) is 16.8. The molecule has 7 nitrogen and oxygen atoms in total. The van der Waals surface area contributed by atoms with Gasteiger partial charge < -0.3 is 15.1 Å². The van der Waals surface area contributed by atoms with Gasteiger partial charge in [-0.25, -0.2) is 13.2 Å². The minimum atomic E-state index is -3.63. The molecule has 0 aliphatic heterocycles. The number of amides is 2. The summed E-state index contributed by atoms with van der Waals surface area (Å²) in [5.41, 5.74) is 2.24. The highest BCUT2D eigenvalue weighted by Crippen LogP contribution is 2.19. The van der Waals surface area contributed by atoms with Crippen LogP contribution in [-0.2, 0) is 23.1 Å². The first-order chi connectivity index (χ1) is 13.4. The van der Waals surface area contributed by atoms with Gasteiger partial charge in [-0.3, -0.25) is 0 Å². The molecule has 2 N–H and O–H groups in total. The second kappa shape index (κ2) is 8.73. The fourth-order valence-electron chi connectivity index (χ4n) is 2.57. The summed E-state index contributed by atoms with van der Waals surface area (Å²) in [6.07, 6.45) is 3.08. The Hall–Kier alpha value is -3.10. The Kier molecular flexibility index (Phi) is 6.13. The van der Waals surface area contributed by atoms with Crippen LogP contribution >= 0.6 is 0 Å². The average molecular weight is 399 g/mol. The zero-order valence-corrected chi connectivity index (χ0v) is 16.1. The maximum atomic E-state index is 12.7. The van der Waals surface area contributed by atoms with E-state index in [0.717, 1.165) is 11.1 Å². The molecule has 3 aromatic rings. The number of hydrogen-bond donors (Lipinski definition) is 2. The largest absolute Gasteiger partial charge is 0.472 e. The van der Waals surface area contributed by atoms with Crippen LogP contribution in [-0.4, -0.2) is 25.8 Å². The van der Waals surface area contributed by atoms with E-state index in [9.17, 15) is 13.2 Å². The molecule has 2 amide bonds. The highest BCUT2D eigenvalue weighted by atomic mass is 32.2. The van der Waals surface area contributed by atoms with Crippen LogP contribution in [0, 0.1) is 0 Å². The summed E-state index contributed by atoms with van der Waals surface area (Å²) in [5, 5.41) is 5.35. The first-order valence-corrected chi connectivity index (χ1v) is 10.1. The van der Waals surface area contributed by atoms with Crippen LogP contribution in [0.15, 0.2) is 82.5 Å². The molecule has 0 unspecified atom stereocenters. The number of rotatable bonds is 7. The molecule has 28 heavy (non-hydrogen) atoms. The molecule has 1 heterocycles. The first kappa shape index (κ1) is 19.7. The SMILES string of the molecule is CN(Cc1ccccc1)S(=O)(=O)c1ccc(NC(=O)NCc2ccoc2)cc1. The summed E-state index contributed by atoms with van der Waals surface area (Å²) in [4.78, 5) is 12.1. The summed E-state index contributed by atoms with van der Waals surface area (Å²) in [6.45, 7) is 0.610. The number of hydrogen-bond acceptors (Lipinski definition) is 4. The average Bonchev–Trinajstić information content (AvgIpc) is 3.21. The van der Waals surface area contributed by atoms with Crippen LogP contribution in [0.3, 0.4) is 0 Å². The van der Waals surface area contributed by atoms with Crippen molar-refractivity contribution in [2.45, 2.75) is 18.0 Å². The number of nitrogens with one attached hydrogen (secondary N) is 2. The van der Waals surface area contributed by atoms with Crippen molar-refractivity contribution in [1.29, 1.82) is 0 Å². The van der Waals surface area contributed by atoms with Crippen LogP contribution in [0.1, 0.15) is 11.1 Å². The highest BCUT2D eigenvalue weighted by Gasteiger charge is 2.20. The summed E-state index contributed by atoms with van der Waals surface area (Å²) < 4.78 is 31.7. The van der Waals surface area contributed by atoms with E-state index in [0.29, 0.717) is 12.2 Å². The van der Waals surface area contributed by atoms with Gasteiger partial charge in [0.25, 0.3) is 0 Å². The van der Waals surface area contributed by atoms with Gasteiger partial charge in [0.15, 0.2) is 0 Å². The van der Waals surface area contributed by atoms with E-state index >= 15 is 0 Å². The van der Waals surface area contributed by atoms with E-state index in [1.165, 1.54) is 29.7 Å². The molecule has 0 radical (unpaired) electrons. The maximum absolute atomic E-state index is 12.7. The Morgan fingerprint density at radius 3 is 2.36 bits per heavy atom. The van der Waals surface area contributed by atoms with Gasteiger partial charge >= 0.3 is 6.03 Å². The van der Waals surface area contributed by atoms with E-state index in [1.807, 2.05) is 30.3 Å². The van der Waals surface area contributed by atoms with E-state index < -0.39 is 16.1 Å². The predicted octanol–water partition coefficient (Wildman–Crippen LogP) is 3.42. The topological polar surface area (TPSA) is 91.7 Å². The van der Waals surface area contributed by atoms with Gasteiger partial charge in [0.1, 0.15) is 0 Å². The van der Waals surface area contributed by atoms with Gasteiger partial charge in [-0.15, -0.1) is 0 Å². The molecule has 8 heteroatoms.